The molecule has 0 radical (unpaired) electrons. The number of carbonyl (C=O) groups excluding carboxylic acids is 2. The van der Waals surface area contributed by atoms with Crippen molar-refractivity contribution >= 4 is 11.9 Å². The fourth-order valence-electron chi connectivity index (χ4n) is 7.43. The first-order valence-electron chi connectivity index (χ1n) is 20.1. The molecule has 0 saturated heterocycles. The molecule has 6 nitrogen and oxygen atoms in total. The Balaban J connectivity index is 1.07. The zero-order valence-electron chi connectivity index (χ0n) is 31.7. The van der Waals surface area contributed by atoms with Gasteiger partial charge in [-0.05, 0) is 130 Å². The standard InChI is InChI=1S/C45H64O6/c1-4-6-8-12-36-16-20-38(21-17-36)14-10-32-48-42-28-24-40(25-29-42)44(46)50-34-35(3)51-45(47)41-26-30-43(31-27-41)49-33-11-15-39-22-18-37(19-23-39)13-9-7-5-2/h10-11,14-15,24-31,35-39H,4-9,12-13,16-23,32-34H2,1-3H3. The Labute approximate surface area is 308 Å². The third kappa shape index (κ3) is 15.3. The van der Waals surface area contributed by atoms with E-state index in [0.29, 0.717) is 47.7 Å². The second-order valence-corrected chi connectivity index (χ2v) is 14.9. The van der Waals surface area contributed by atoms with Crippen LogP contribution in [0.1, 0.15) is 144 Å². The molecule has 0 heterocycles. The Morgan fingerprint density at radius 1 is 0.627 bits per heavy atom. The van der Waals surface area contributed by atoms with E-state index in [-0.39, 0.29) is 6.61 Å². The van der Waals surface area contributed by atoms with Gasteiger partial charge in [-0.15, -0.1) is 0 Å². The minimum absolute atomic E-state index is 0.0394. The molecular weight excluding hydrogens is 636 g/mol. The highest BCUT2D eigenvalue weighted by atomic mass is 16.6. The van der Waals surface area contributed by atoms with Crippen LogP contribution in [0, 0.1) is 23.7 Å². The van der Waals surface area contributed by atoms with Gasteiger partial charge in [0.05, 0.1) is 11.1 Å². The Kier molecular flexibility index (Phi) is 18.2. The quantitative estimate of drug-likeness (QED) is 0.0733. The van der Waals surface area contributed by atoms with Crippen LogP contribution < -0.4 is 9.47 Å². The van der Waals surface area contributed by atoms with Crippen molar-refractivity contribution in [3.05, 3.63) is 84.0 Å². The van der Waals surface area contributed by atoms with Crippen LogP contribution in [-0.4, -0.2) is 37.9 Å². The maximum absolute atomic E-state index is 12.7. The van der Waals surface area contributed by atoms with Crippen molar-refractivity contribution in [1.82, 2.24) is 0 Å². The third-order valence-electron chi connectivity index (χ3n) is 10.7. The van der Waals surface area contributed by atoms with Gasteiger partial charge in [0.2, 0.25) is 0 Å². The first kappa shape index (κ1) is 40.2. The smallest absolute Gasteiger partial charge is 0.338 e. The Bertz CT molecular complexity index is 1310. The summed E-state index contributed by atoms with van der Waals surface area (Å²) in [7, 11) is 0. The molecule has 0 bridgehead atoms. The molecule has 280 valence electrons. The molecule has 0 spiro atoms. The van der Waals surface area contributed by atoms with Crippen molar-refractivity contribution in [3.63, 3.8) is 0 Å². The van der Waals surface area contributed by atoms with Crippen molar-refractivity contribution in [2.75, 3.05) is 19.8 Å². The minimum atomic E-state index is -0.598. The van der Waals surface area contributed by atoms with Gasteiger partial charge < -0.3 is 18.9 Å². The lowest BCUT2D eigenvalue weighted by atomic mass is 9.79. The van der Waals surface area contributed by atoms with Gasteiger partial charge in [-0.25, -0.2) is 9.59 Å². The van der Waals surface area contributed by atoms with Gasteiger partial charge in [0.15, 0.2) is 0 Å². The number of allylic oxidation sites excluding steroid dienone is 2. The average Bonchev–Trinajstić information content (AvgIpc) is 3.16. The van der Waals surface area contributed by atoms with Gasteiger partial charge in [-0.1, -0.05) is 89.5 Å². The Morgan fingerprint density at radius 2 is 1.06 bits per heavy atom. The molecule has 2 aromatic carbocycles. The summed E-state index contributed by atoms with van der Waals surface area (Å²) in [6.45, 7) is 7.23. The molecule has 0 amide bonds. The third-order valence-corrected chi connectivity index (χ3v) is 10.7. The van der Waals surface area contributed by atoms with Crippen LogP contribution in [0.5, 0.6) is 11.5 Å². The predicted octanol–water partition coefficient (Wildman–Crippen LogP) is 11.7. The van der Waals surface area contributed by atoms with Crippen molar-refractivity contribution in [2.45, 2.75) is 130 Å². The van der Waals surface area contributed by atoms with Crippen molar-refractivity contribution in [1.29, 1.82) is 0 Å². The second-order valence-electron chi connectivity index (χ2n) is 14.9. The first-order chi connectivity index (χ1) is 24.9. The van der Waals surface area contributed by atoms with Crippen molar-refractivity contribution in [3.8, 4) is 11.5 Å². The number of esters is 2. The number of hydrogen-bond acceptors (Lipinski definition) is 6. The van der Waals surface area contributed by atoms with Gasteiger partial charge in [-0.2, -0.15) is 0 Å². The van der Waals surface area contributed by atoms with E-state index in [1.54, 1.807) is 55.5 Å². The van der Waals surface area contributed by atoms with Gasteiger partial charge >= 0.3 is 11.9 Å². The highest BCUT2D eigenvalue weighted by Gasteiger charge is 2.20. The number of carbonyl (C=O) groups is 2. The van der Waals surface area contributed by atoms with Crippen LogP contribution in [0.4, 0.5) is 0 Å². The van der Waals surface area contributed by atoms with Gasteiger partial charge in [0.1, 0.15) is 37.4 Å². The molecule has 0 N–H and O–H groups in total. The summed E-state index contributed by atoms with van der Waals surface area (Å²) < 4.78 is 22.7. The zero-order chi connectivity index (χ0) is 36.1. The fraction of sp³-hybridized carbons (Fsp3) is 0.600. The molecule has 2 aromatic rings. The van der Waals surface area contributed by atoms with Gasteiger partial charge in [-0.3, -0.25) is 0 Å². The molecule has 2 saturated carbocycles. The molecule has 0 aliphatic heterocycles. The normalized spacial score (nSPS) is 21.4. The van der Waals surface area contributed by atoms with E-state index in [4.69, 9.17) is 18.9 Å². The Hall–Kier alpha value is -3.54. The molecule has 2 fully saturated rings. The highest BCUT2D eigenvalue weighted by molar-refractivity contribution is 5.90. The zero-order valence-corrected chi connectivity index (χ0v) is 31.7. The van der Waals surface area contributed by atoms with E-state index in [0.717, 1.165) is 11.8 Å². The molecule has 1 atom stereocenters. The molecule has 1 unspecified atom stereocenters. The van der Waals surface area contributed by atoms with Crippen LogP contribution in [0.2, 0.25) is 0 Å². The largest absolute Gasteiger partial charge is 0.490 e. The second kappa shape index (κ2) is 23.1. The van der Waals surface area contributed by atoms with Gasteiger partial charge in [0, 0.05) is 0 Å². The van der Waals surface area contributed by atoms with E-state index in [9.17, 15) is 9.59 Å². The summed E-state index contributed by atoms with van der Waals surface area (Å²) in [6.07, 6.45) is 29.7. The van der Waals surface area contributed by atoms with Crippen LogP contribution in [0.3, 0.4) is 0 Å². The lowest BCUT2D eigenvalue weighted by Gasteiger charge is -2.26. The molecule has 6 heteroatoms. The van der Waals surface area contributed by atoms with Crippen molar-refractivity contribution in [2.24, 2.45) is 23.7 Å². The van der Waals surface area contributed by atoms with Crippen LogP contribution in [0.25, 0.3) is 0 Å². The molecule has 2 aliphatic carbocycles. The first-order valence-corrected chi connectivity index (χ1v) is 20.1. The summed E-state index contributed by atoms with van der Waals surface area (Å²) >= 11 is 0. The van der Waals surface area contributed by atoms with E-state index in [1.165, 1.54) is 103 Å². The average molecular weight is 701 g/mol. The number of hydrogen-bond donors (Lipinski definition) is 0. The molecule has 4 rings (SSSR count). The number of unbranched alkanes of at least 4 members (excludes halogenated alkanes) is 4. The lowest BCUT2D eigenvalue weighted by Crippen LogP contribution is -2.22. The number of benzene rings is 2. The van der Waals surface area contributed by atoms with E-state index < -0.39 is 18.0 Å². The molecule has 2 aliphatic rings. The summed E-state index contributed by atoms with van der Waals surface area (Å²) in [5.74, 6) is 3.62. The summed E-state index contributed by atoms with van der Waals surface area (Å²) in [6, 6.07) is 13.9. The molecule has 0 aromatic heterocycles. The van der Waals surface area contributed by atoms with Crippen LogP contribution in [-0.2, 0) is 9.47 Å². The van der Waals surface area contributed by atoms with Crippen LogP contribution >= 0.6 is 0 Å². The van der Waals surface area contributed by atoms with E-state index in [2.05, 4.69) is 38.2 Å². The lowest BCUT2D eigenvalue weighted by molar-refractivity contribution is 0.00447. The maximum atomic E-state index is 12.7. The summed E-state index contributed by atoms with van der Waals surface area (Å²) in [4.78, 5) is 25.3. The van der Waals surface area contributed by atoms with Gasteiger partial charge in [0.25, 0.3) is 0 Å². The predicted molar refractivity (Wildman–Crippen MR) is 206 cm³/mol. The summed E-state index contributed by atoms with van der Waals surface area (Å²) in [5, 5.41) is 0. The van der Waals surface area contributed by atoms with E-state index in [1.807, 2.05) is 0 Å². The highest BCUT2D eigenvalue weighted by Crippen LogP contribution is 2.34. The minimum Gasteiger partial charge on any atom is -0.490 e. The monoisotopic (exact) mass is 700 g/mol. The van der Waals surface area contributed by atoms with E-state index >= 15 is 0 Å². The van der Waals surface area contributed by atoms with Crippen LogP contribution in [0.15, 0.2) is 72.8 Å². The Morgan fingerprint density at radius 3 is 1.49 bits per heavy atom. The maximum Gasteiger partial charge on any atom is 0.338 e. The topological polar surface area (TPSA) is 71.1 Å². The molecule has 51 heavy (non-hydrogen) atoms. The number of ether oxygens (including phenoxy) is 4. The fourth-order valence-corrected chi connectivity index (χ4v) is 7.43. The van der Waals surface area contributed by atoms with Crippen molar-refractivity contribution < 1.29 is 28.5 Å². The number of rotatable bonds is 21. The summed E-state index contributed by atoms with van der Waals surface area (Å²) in [5.41, 5.74) is 0.838. The molecular formula is C45H64O6. The SMILES string of the molecule is CCCCCC1CCC(C=CCOc2ccc(C(=O)OCC(C)OC(=O)c3ccc(OCC=CC4CCC(CCCCC)CC4)cc3)cc2)CC1.